The molecule has 1 heteroatoms. The van der Waals surface area contributed by atoms with E-state index in [1.54, 1.807) is 5.57 Å². The van der Waals surface area contributed by atoms with Crippen LogP contribution in [-0.4, -0.2) is 6.26 Å². The summed E-state index contributed by atoms with van der Waals surface area (Å²) in [5.41, 5.74) is 4.42. The van der Waals surface area contributed by atoms with E-state index in [1.165, 1.54) is 11.1 Å². The highest BCUT2D eigenvalue weighted by molar-refractivity contribution is 8.01. The van der Waals surface area contributed by atoms with Gasteiger partial charge in [0.25, 0.3) is 0 Å². The molecule has 0 aromatic heterocycles. The van der Waals surface area contributed by atoms with Gasteiger partial charge in [0.2, 0.25) is 0 Å². The van der Waals surface area contributed by atoms with Crippen molar-refractivity contribution in [2.24, 2.45) is 0 Å². The molecule has 0 unspecified atom stereocenters. The average molecular weight is 282 g/mol. The molecule has 0 aliphatic rings. The van der Waals surface area contributed by atoms with Crippen molar-refractivity contribution in [2.75, 3.05) is 6.26 Å². The Morgan fingerprint density at radius 2 is 1.25 bits per heavy atom. The number of hydrogen-bond acceptors (Lipinski definition) is 1. The molecule has 0 spiro atoms. The third-order valence-corrected chi connectivity index (χ3v) is 4.01. The Morgan fingerprint density at radius 1 is 0.800 bits per heavy atom. The van der Waals surface area contributed by atoms with Crippen LogP contribution in [0.5, 0.6) is 0 Å². The first-order chi connectivity index (χ1) is 9.88. The molecule has 0 aliphatic heterocycles. The molecule has 0 amide bonds. The molecular weight excluding hydrogens is 260 g/mol. The second kappa shape index (κ2) is 8.65. The van der Waals surface area contributed by atoms with Crippen LogP contribution in [0.1, 0.15) is 24.0 Å². The molecule has 0 bridgehead atoms. The topological polar surface area (TPSA) is 0 Å². The summed E-state index contributed by atoms with van der Waals surface area (Å²) in [5, 5.41) is 2.33. The molecule has 0 aliphatic carbocycles. The van der Waals surface area contributed by atoms with E-state index < -0.39 is 0 Å². The van der Waals surface area contributed by atoms with Crippen LogP contribution in [0.2, 0.25) is 0 Å². The summed E-state index contributed by atoms with van der Waals surface area (Å²) in [4.78, 5) is 0. The Balaban J connectivity index is 1.86. The van der Waals surface area contributed by atoms with Gasteiger partial charge in [-0.1, -0.05) is 66.2 Å². The van der Waals surface area contributed by atoms with Crippen molar-refractivity contribution < 1.29 is 0 Å². The molecule has 0 atom stereocenters. The minimum Gasteiger partial charge on any atom is -0.138 e. The van der Waals surface area contributed by atoms with Crippen LogP contribution in [-0.2, 0) is 12.8 Å². The van der Waals surface area contributed by atoms with Crippen LogP contribution in [0.4, 0.5) is 0 Å². The zero-order valence-corrected chi connectivity index (χ0v) is 12.9. The maximum Gasteiger partial charge on any atom is -0.0142 e. The Bertz CT molecular complexity index is 468. The fraction of sp³-hybridized carbons (Fsp3) is 0.263. The van der Waals surface area contributed by atoms with Gasteiger partial charge in [0.05, 0.1) is 0 Å². The van der Waals surface area contributed by atoms with Crippen LogP contribution in [0.3, 0.4) is 0 Å². The van der Waals surface area contributed by atoms with Gasteiger partial charge in [0.1, 0.15) is 0 Å². The first kappa shape index (κ1) is 14.9. The third-order valence-electron chi connectivity index (χ3n) is 3.44. The summed E-state index contributed by atoms with van der Waals surface area (Å²) in [5.74, 6) is 0. The number of aryl methyl sites for hydroxylation is 2. The molecule has 2 rings (SSSR count). The highest BCUT2D eigenvalue weighted by Gasteiger charge is 2.00. The molecule has 2 aromatic rings. The summed E-state index contributed by atoms with van der Waals surface area (Å²) in [6, 6.07) is 21.5. The molecule has 104 valence electrons. The van der Waals surface area contributed by atoms with E-state index in [-0.39, 0.29) is 0 Å². The SMILES string of the molecule is CSC=C(CCc1ccccc1)CCc1ccccc1. The molecule has 0 nitrogen and oxygen atoms in total. The van der Waals surface area contributed by atoms with Gasteiger partial charge in [0.15, 0.2) is 0 Å². The summed E-state index contributed by atoms with van der Waals surface area (Å²) < 4.78 is 0. The normalized spacial score (nSPS) is 10.2. The van der Waals surface area contributed by atoms with E-state index in [1.807, 2.05) is 11.8 Å². The van der Waals surface area contributed by atoms with E-state index >= 15 is 0 Å². The fourth-order valence-corrected chi connectivity index (χ4v) is 2.88. The summed E-state index contributed by atoms with van der Waals surface area (Å²) in [6.07, 6.45) is 6.75. The van der Waals surface area contributed by atoms with Gasteiger partial charge >= 0.3 is 0 Å². The lowest BCUT2D eigenvalue weighted by atomic mass is 10.00. The predicted molar refractivity (Wildman–Crippen MR) is 91.1 cm³/mol. The number of benzene rings is 2. The van der Waals surface area contributed by atoms with Crippen LogP contribution >= 0.6 is 11.8 Å². The van der Waals surface area contributed by atoms with Crippen LogP contribution in [0.25, 0.3) is 0 Å². The third kappa shape index (κ3) is 5.26. The second-order valence-corrected chi connectivity index (χ2v) is 5.69. The Hall–Kier alpha value is -1.47. The maximum atomic E-state index is 2.33. The van der Waals surface area contributed by atoms with Crippen molar-refractivity contribution in [3.05, 3.63) is 82.8 Å². The van der Waals surface area contributed by atoms with Gasteiger partial charge < -0.3 is 0 Å². The van der Waals surface area contributed by atoms with Crippen molar-refractivity contribution in [2.45, 2.75) is 25.7 Å². The molecule has 0 N–H and O–H groups in total. The van der Waals surface area contributed by atoms with E-state index in [9.17, 15) is 0 Å². The van der Waals surface area contributed by atoms with Gasteiger partial charge in [0, 0.05) is 0 Å². The first-order valence-corrected chi connectivity index (χ1v) is 8.46. The van der Waals surface area contributed by atoms with Gasteiger partial charge in [-0.2, -0.15) is 0 Å². The van der Waals surface area contributed by atoms with Crippen molar-refractivity contribution in [1.82, 2.24) is 0 Å². The molecule has 0 heterocycles. The summed E-state index contributed by atoms with van der Waals surface area (Å²) in [6.45, 7) is 0. The van der Waals surface area contributed by atoms with E-state index in [2.05, 4.69) is 72.3 Å². The number of allylic oxidation sites excluding steroid dienone is 1. The number of thioether (sulfide) groups is 1. The molecule has 0 saturated carbocycles. The number of hydrogen-bond donors (Lipinski definition) is 0. The minimum atomic E-state index is 1.14. The van der Waals surface area contributed by atoms with Gasteiger partial charge in [-0.3, -0.25) is 0 Å². The Morgan fingerprint density at radius 3 is 1.65 bits per heavy atom. The number of rotatable bonds is 7. The summed E-state index contributed by atoms with van der Waals surface area (Å²) in [7, 11) is 0. The van der Waals surface area contributed by atoms with Gasteiger partial charge in [-0.15, -0.1) is 11.8 Å². The fourth-order valence-electron chi connectivity index (χ4n) is 2.31. The molecule has 2 aromatic carbocycles. The van der Waals surface area contributed by atoms with Gasteiger partial charge in [-0.25, -0.2) is 0 Å². The summed E-state index contributed by atoms with van der Waals surface area (Å²) >= 11 is 1.82. The molecule has 0 radical (unpaired) electrons. The molecule has 0 fully saturated rings. The Kier molecular flexibility index (Phi) is 6.46. The van der Waals surface area contributed by atoms with Gasteiger partial charge in [-0.05, 0) is 48.5 Å². The average Bonchev–Trinajstić information content (AvgIpc) is 2.52. The van der Waals surface area contributed by atoms with Crippen molar-refractivity contribution in [1.29, 1.82) is 0 Å². The van der Waals surface area contributed by atoms with Crippen molar-refractivity contribution >= 4 is 11.8 Å². The monoisotopic (exact) mass is 282 g/mol. The predicted octanol–water partition coefficient (Wildman–Crippen LogP) is 5.50. The zero-order valence-electron chi connectivity index (χ0n) is 12.1. The van der Waals surface area contributed by atoms with Crippen LogP contribution in [0, 0.1) is 0 Å². The zero-order chi connectivity index (χ0) is 14.0. The van der Waals surface area contributed by atoms with Crippen LogP contribution in [0.15, 0.2) is 71.6 Å². The smallest absolute Gasteiger partial charge is 0.0142 e. The quantitative estimate of drug-likeness (QED) is 0.646. The van der Waals surface area contributed by atoms with E-state index in [4.69, 9.17) is 0 Å². The largest absolute Gasteiger partial charge is 0.138 e. The molecule has 20 heavy (non-hydrogen) atoms. The lowest BCUT2D eigenvalue weighted by Gasteiger charge is -2.08. The maximum absolute atomic E-state index is 2.33. The molecular formula is C19H22S. The highest BCUT2D eigenvalue weighted by Crippen LogP contribution is 2.18. The minimum absolute atomic E-state index is 1.14. The second-order valence-electron chi connectivity index (χ2n) is 4.98. The molecule has 0 saturated heterocycles. The Labute approximate surface area is 126 Å². The van der Waals surface area contributed by atoms with E-state index in [0.717, 1.165) is 25.7 Å². The lowest BCUT2D eigenvalue weighted by molar-refractivity contribution is 0.838. The van der Waals surface area contributed by atoms with Crippen molar-refractivity contribution in [3.63, 3.8) is 0 Å². The highest BCUT2D eigenvalue weighted by atomic mass is 32.2. The van der Waals surface area contributed by atoms with E-state index in [0.29, 0.717) is 0 Å². The lowest BCUT2D eigenvalue weighted by Crippen LogP contribution is -1.92. The van der Waals surface area contributed by atoms with Crippen molar-refractivity contribution in [3.8, 4) is 0 Å². The standard InChI is InChI=1S/C19H22S/c1-20-16-19(14-12-17-8-4-2-5-9-17)15-13-18-10-6-3-7-11-18/h2-11,16H,12-15H2,1H3. The first-order valence-electron chi connectivity index (χ1n) is 7.17. The van der Waals surface area contributed by atoms with Crippen LogP contribution < -0.4 is 0 Å².